The highest BCUT2D eigenvalue weighted by molar-refractivity contribution is 4.73. The molecule has 0 spiro atoms. The third-order valence-corrected chi connectivity index (χ3v) is 2.83. The molecule has 0 aliphatic rings. The number of nitrogens with zero attached hydrogens (tertiary/aromatic N) is 1. The largest absolute Gasteiger partial charge is 0.379 e. The molecule has 0 aliphatic carbocycles. The lowest BCUT2D eigenvalue weighted by Gasteiger charge is -2.28. The minimum absolute atomic E-state index is 0.0312. The zero-order valence-electron chi connectivity index (χ0n) is 10.1. The van der Waals surface area contributed by atoms with Gasteiger partial charge in [0.05, 0.1) is 5.60 Å². The summed E-state index contributed by atoms with van der Waals surface area (Å²) in [6.45, 7) is 6.54. The van der Waals surface area contributed by atoms with E-state index in [0.29, 0.717) is 6.04 Å². The van der Waals surface area contributed by atoms with Crippen molar-refractivity contribution in [1.82, 2.24) is 4.90 Å². The Morgan fingerprint density at radius 1 is 1.31 bits per heavy atom. The Morgan fingerprint density at radius 3 is 2.15 bits per heavy atom. The molecule has 0 aliphatic heterocycles. The first-order chi connectivity index (χ1) is 5.93. The second-order valence-electron chi connectivity index (χ2n) is 4.53. The molecular weight excluding hydrogens is 162 g/mol. The molecule has 0 amide bonds. The molecule has 80 valence electrons. The number of ether oxygens (including phenoxy) is 1. The highest BCUT2D eigenvalue weighted by Crippen LogP contribution is 2.19. The minimum atomic E-state index is 0.0312. The fourth-order valence-electron chi connectivity index (χ4n) is 1.44. The van der Waals surface area contributed by atoms with Crippen molar-refractivity contribution < 1.29 is 4.74 Å². The molecule has 0 aromatic heterocycles. The molecule has 0 rings (SSSR count). The molecular formula is C11H25NO. The molecule has 1 atom stereocenters. The van der Waals surface area contributed by atoms with Gasteiger partial charge >= 0.3 is 0 Å². The summed E-state index contributed by atoms with van der Waals surface area (Å²) in [4.78, 5) is 2.30. The van der Waals surface area contributed by atoms with Crippen molar-refractivity contribution >= 4 is 0 Å². The van der Waals surface area contributed by atoms with Crippen LogP contribution in [-0.2, 0) is 4.74 Å². The number of rotatable bonds is 6. The molecule has 0 saturated carbocycles. The molecule has 0 bridgehead atoms. The van der Waals surface area contributed by atoms with Crippen LogP contribution in [0.2, 0.25) is 0 Å². The van der Waals surface area contributed by atoms with Crippen LogP contribution < -0.4 is 0 Å². The highest BCUT2D eigenvalue weighted by Gasteiger charge is 2.19. The lowest BCUT2D eigenvalue weighted by molar-refractivity contribution is 0.00869. The van der Waals surface area contributed by atoms with E-state index >= 15 is 0 Å². The fourth-order valence-corrected chi connectivity index (χ4v) is 1.44. The maximum atomic E-state index is 5.39. The highest BCUT2D eigenvalue weighted by atomic mass is 16.5. The second-order valence-corrected chi connectivity index (χ2v) is 4.53. The van der Waals surface area contributed by atoms with Gasteiger partial charge in [-0.15, -0.1) is 0 Å². The van der Waals surface area contributed by atoms with Crippen molar-refractivity contribution in [3.63, 3.8) is 0 Å². The minimum Gasteiger partial charge on any atom is -0.379 e. The van der Waals surface area contributed by atoms with E-state index in [9.17, 15) is 0 Å². The van der Waals surface area contributed by atoms with Crippen LogP contribution in [-0.4, -0.2) is 37.7 Å². The third kappa shape index (κ3) is 5.27. The van der Waals surface area contributed by atoms with E-state index < -0.39 is 0 Å². The summed E-state index contributed by atoms with van der Waals surface area (Å²) >= 11 is 0. The molecule has 0 aromatic rings. The average molecular weight is 187 g/mol. The molecule has 0 N–H and O–H groups in total. The summed E-state index contributed by atoms with van der Waals surface area (Å²) in [5, 5.41) is 0. The van der Waals surface area contributed by atoms with Crippen molar-refractivity contribution in [2.45, 2.75) is 51.7 Å². The van der Waals surface area contributed by atoms with Crippen molar-refractivity contribution in [1.29, 1.82) is 0 Å². The van der Waals surface area contributed by atoms with Gasteiger partial charge in [0, 0.05) is 13.2 Å². The average Bonchev–Trinajstić information content (AvgIpc) is 2.05. The Balaban J connectivity index is 3.85. The van der Waals surface area contributed by atoms with Crippen LogP contribution in [0.4, 0.5) is 0 Å². The molecule has 0 saturated heterocycles. The first-order valence-electron chi connectivity index (χ1n) is 5.14. The van der Waals surface area contributed by atoms with Gasteiger partial charge in [0.1, 0.15) is 0 Å². The Bertz CT molecular complexity index is 132. The van der Waals surface area contributed by atoms with Gasteiger partial charge in [0.25, 0.3) is 0 Å². The van der Waals surface area contributed by atoms with Gasteiger partial charge in [0.15, 0.2) is 0 Å². The van der Waals surface area contributed by atoms with Crippen LogP contribution in [0.15, 0.2) is 0 Å². The number of hydrogen-bond acceptors (Lipinski definition) is 2. The third-order valence-electron chi connectivity index (χ3n) is 2.83. The molecule has 0 fully saturated rings. The van der Waals surface area contributed by atoms with Gasteiger partial charge in [0.2, 0.25) is 0 Å². The smallest absolute Gasteiger partial charge is 0.0623 e. The summed E-state index contributed by atoms with van der Waals surface area (Å²) in [6, 6.07) is 0.689. The van der Waals surface area contributed by atoms with Gasteiger partial charge in [-0.05, 0) is 47.2 Å². The molecule has 0 aromatic carbocycles. The lowest BCUT2D eigenvalue weighted by atomic mass is 9.97. The topological polar surface area (TPSA) is 12.5 Å². The summed E-state index contributed by atoms with van der Waals surface area (Å²) in [5.41, 5.74) is 0.0312. The first-order valence-corrected chi connectivity index (χ1v) is 5.14. The monoisotopic (exact) mass is 187 g/mol. The van der Waals surface area contributed by atoms with Gasteiger partial charge < -0.3 is 9.64 Å². The van der Waals surface area contributed by atoms with Crippen molar-refractivity contribution in [2.24, 2.45) is 0 Å². The van der Waals surface area contributed by atoms with Crippen molar-refractivity contribution in [3.05, 3.63) is 0 Å². The van der Waals surface area contributed by atoms with E-state index in [0.717, 1.165) is 6.42 Å². The Hall–Kier alpha value is -0.0800. The van der Waals surface area contributed by atoms with Crippen LogP contribution in [0.25, 0.3) is 0 Å². The Labute approximate surface area is 83.3 Å². The van der Waals surface area contributed by atoms with E-state index in [4.69, 9.17) is 4.74 Å². The standard InChI is InChI=1S/C11H25NO/c1-7-10(12(4)5)8-9-11(2,3)13-6/h10H,7-9H2,1-6H3. The van der Waals surface area contributed by atoms with Crippen LogP contribution in [0.3, 0.4) is 0 Å². The van der Waals surface area contributed by atoms with E-state index in [1.165, 1.54) is 12.8 Å². The number of hydrogen-bond donors (Lipinski definition) is 0. The van der Waals surface area contributed by atoms with E-state index in [2.05, 4.69) is 39.8 Å². The summed E-state index contributed by atoms with van der Waals surface area (Å²) < 4.78 is 5.39. The van der Waals surface area contributed by atoms with Crippen molar-refractivity contribution in [2.75, 3.05) is 21.2 Å². The van der Waals surface area contributed by atoms with E-state index in [1.54, 1.807) is 7.11 Å². The van der Waals surface area contributed by atoms with Gasteiger partial charge in [-0.2, -0.15) is 0 Å². The Morgan fingerprint density at radius 2 is 1.85 bits per heavy atom. The predicted octanol–water partition coefficient (Wildman–Crippen LogP) is 2.53. The van der Waals surface area contributed by atoms with Crippen LogP contribution in [0.1, 0.15) is 40.0 Å². The van der Waals surface area contributed by atoms with Crippen LogP contribution in [0.5, 0.6) is 0 Å². The van der Waals surface area contributed by atoms with Crippen LogP contribution in [0, 0.1) is 0 Å². The predicted molar refractivity (Wildman–Crippen MR) is 58.1 cm³/mol. The number of methoxy groups -OCH3 is 1. The maximum Gasteiger partial charge on any atom is 0.0623 e. The molecule has 0 heterocycles. The molecule has 0 radical (unpaired) electrons. The summed E-state index contributed by atoms with van der Waals surface area (Å²) in [7, 11) is 6.08. The van der Waals surface area contributed by atoms with Gasteiger partial charge in [-0.1, -0.05) is 6.92 Å². The molecule has 2 nitrogen and oxygen atoms in total. The zero-order valence-corrected chi connectivity index (χ0v) is 10.1. The zero-order chi connectivity index (χ0) is 10.5. The Kier molecular flexibility index (Phi) is 5.57. The fraction of sp³-hybridized carbons (Fsp3) is 1.00. The SMILES string of the molecule is CCC(CCC(C)(C)OC)N(C)C. The second kappa shape index (κ2) is 5.61. The molecule has 13 heavy (non-hydrogen) atoms. The quantitative estimate of drug-likeness (QED) is 0.633. The van der Waals surface area contributed by atoms with E-state index in [1.807, 2.05) is 0 Å². The van der Waals surface area contributed by atoms with E-state index in [-0.39, 0.29) is 5.60 Å². The normalized spacial score (nSPS) is 15.0. The lowest BCUT2D eigenvalue weighted by Crippen LogP contribution is -2.31. The first kappa shape index (κ1) is 12.9. The van der Waals surface area contributed by atoms with Gasteiger partial charge in [-0.3, -0.25) is 0 Å². The van der Waals surface area contributed by atoms with Crippen LogP contribution >= 0.6 is 0 Å². The van der Waals surface area contributed by atoms with Crippen molar-refractivity contribution in [3.8, 4) is 0 Å². The maximum absolute atomic E-state index is 5.39. The molecule has 2 heteroatoms. The summed E-state index contributed by atoms with van der Waals surface area (Å²) in [5.74, 6) is 0. The molecule has 1 unspecified atom stereocenters. The summed E-state index contributed by atoms with van der Waals surface area (Å²) in [6.07, 6.45) is 3.55. The van der Waals surface area contributed by atoms with Gasteiger partial charge in [-0.25, -0.2) is 0 Å².